The first-order chi connectivity index (χ1) is 19.3. The van der Waals surface area contributed by atoms with Gasteiger partial charge in [0.2, 0.25) is 0 Å². The van der Waals surface area contributed by atoms with Gasteiger partial charge in [0.15, 0.2) is 11.5 Å². The van der Waals surface area contributed by atoms with Gasteiger partial charge in [0.25, 0.3) is 15.9 Å². The van der Waals surface area contributed by atoms with Crippen LogP contribution in [-0.2, 0) is 21.4 Å². The van der Waals surface area contributed by atoms with Crippen LogP contribution in [0, 0.1) is 0 Å². The highest BCUT2D eigenvalue weighted by molar-refractivity contribution is 9.10. The molecule has 1 N–H and O–H groups in total. The number of carbonyl (C=O) groups is 1. The second-order valence-electron chi connectivity index (χ2n) is 8.24. The van der Waals surface area contributed by atoms with E-state index in [9.17, 15) is 13.2 Å². The fraction of sp³-hybridized carbons (Fsp3) is 0.107. The second-order valence-corrected chi connectivity index (χ2v) is 11.4. The molecule has 9 nitrogen and oxygen atoms in total. The molecule has 0 bridgehead atoms. The zero-order valence-electron chi connectivity index (χ0n) is 21.2. The summed E-state index contributed by atoms with van der Waals surface area (Å²) in [5, 5.41) is 4.59. The van der Waals surface area contributed by atoms with Gasteiger partial charge in [-0.15, -0.1) is 0 Å². The third-order valence-corrected chi connectivity index (χ3v) is 8.28. The Morgan fingerprint density at radius 1 is 1.10 bits per heavy atom. The number of methoxy groups -OCH3 is 1. The standard InChI is InChI=1S/C28H24BrClN4O5S/c1-38-26-15-20(14-24(29)28(26)39-19-21-8-5-6-12-25(21)30)16-32-33-27(35)18-34(22-9-7-13-31-17-22)40(36,37)23-10-3-2-4-11-23/h2-17H,18-19H2,1H3,(H,33,35)/b32-16-. The Kier molecular flexibility index (Phi) is 9.75. The van der Waals surface area contributed by atoms with Crippen molar-refractivity contribution in [1.82, 2.24) is 10.4 Å². The van der Waals surface area contributed by atoms with Gasteiger partial charge in [-0.25, -0.2) is 13.8 Å². The lowest BCUT2D eigenvalue weighted by Gasteiger charge is -2.23. The third-order valence-electron chi connectivity index (χ3n) is 5.54. The molecule has 0 radical (unpaired) electrons. The Bertz CT molecular complexity index is 1610. The first kappa shape index (κ1) is 29.1. The number of amides is 1. The summed E-state index contributed by atoms with van der Waals surface area (Å²) in [7, 11) is -2.53. The van der Waals surface area contributed by atoms with Crippen LogP contribution in [-0.4, -0.2) is 39.2 Å². The Labute approximate surface area is 245 Å². The summed E-state index contributed by atoms with van der Waals surface area (Å²) in [6.07, 6.45) is 4.29. The molecule has 4 aromatic rings. The number of aromatic nitrogens is 1. The minimum absolute atomic E-state index is 0.0453. The van der Waals surface area contributed by atoms with E-state index in [1.807, 2.05) is 18.2 Å². The molecule has 1 amide bonds. The van der Waals surface area contributed by atoms with Crippen LogP contribution in [0.2, 0.25) is 5.02 Å². The third kappa shape index (κ3) is 7.17. The van der Waals surface area contributed by atoms with Gasteiger partial charge >= 0.3 is 0 Å². The van der Waals surface area contributed by atoms with Crippen molar-refractivity contribution >= 4 is 55.4 Å². The number of nitrogens with zero attached hydrogens (tertiary/aromatic N) is 3. The van der Waals surface area contributed by atoms with Crippen molar-refractivity contribution in [2.24, 2.45) is 5.10 Å². The smallest absolute Gasteiger partial charge is 0.264 e. The average Bonchev–Trinajstić information content (AvgIpc) is 2.96. The van der Waals surface area contributed by atoms with E-state index < -0.39 is 22.5 Å². The fourth-order valence-electron chi connectivity index (χ4n) is 3.60. The molecule has 40 heavy (non-hydrogen) atoms. The number of benzene rings is 3. The van der Waals surface area contributed by atoms with Crippen LogP contribution in [0.1, 0.15) is 11.1 Å². The Morgan fingerprint density at radius 2 is 1.85 bits per heavy atom. The molecule has 0 aliphatic carbocycles. The van der Waals surface area contributed by atoms with Gasteiger partial charge in [-0.2, -0.15) is 5.10 Å². The molecule has 12 heteroatoms. The van der Waals surface area contributed by atoms with E-state index in [1.165, 1.54) is 37.9 Å². The SMILES string of the molecule is COc1cc(/C=N\NC(=O)CN(c2cccnc2)S(=O)(=O)c2ccccc2)cc(Br)c1OCc1ccccc1Cl. The van der Waals surface area contributed by atoms with Gasteiger partial charge in [-0.3, -0.25) is 14.1 Å². The van der Waals surface area contributed by atoms with E-state index in [1.54, 1.807) is 48.5 Å². The van der Waals surface area contributed by atoms with Crippen LogP contribution in [0.4, 0.5) is 5.69 Å². The molecule has 0 aliphatic rings. The molecule has 1 heterocycles. The lowest BCUT2D eigenvalue weighted by atomic mass is 10.2. The molecule has 0 saturated carbocycles. The number of hydrogen-bond donors (Lipinski definition) is 1. The number of hydrazone groups is 1. The quantitative estimate of drug-likeness (QED) is 0.172. The maximum absolute atomic E-state index is 13.3. The summed E-state index contributed by atoms with van der Waals surface area (Å²) in [4.78, 5) is 16.8. The van der Waals surface area contributed by atoms with E-state index in [4.69, 9.17) is 21.1 Å². The van der Waals surface area contributed by atoms with Crippen molar-refractivity contribution in [3.63, 3.8) is 0 Å². The van der Waals surface area contributed by atoms with E-state index >= 15 is 0 Å². The molecule has 1 aromatic heterocycles. The lowest BCUT2D eigenvalue weighted by Crippen LogP contribution is -2.39. The number of sulfonamides is 1. The van der Waals surface area contributed by atoms with Crippen molar-refractivity contribution in [3.05, 3.63) is 112 Å². The van der Waals surface area contributed by atoms with E-state index in [0.29, 0.717) is 26.6 Å². The van der Waals surface area contributed by atoms with Crippen molar-refractivity contribution in [2.45, 2.75) is 11.5 Å². The highest BCUT2D eigenvalue weighted by atomic mass is 79.9. The fourth-order valence-corrected chi connectivity index (χ4v) is 5.79. The van der Waals surface area contributed by atoms with Gasteiger partial charge in [-0.1, -0.05) is 48.0 Å². The first-order valence-corrected chi connectivity index (χ1v) is 14.4. The van der Waals surface area contributed by atoms with Crippen LogP contribution in [0.15, 0.2) is 106 Å². The summed E-state index contributed by atoms with van der Waals surface area (Å²) in [6, 6.07) is 21.8. The molecule has 0 atom stereocenters. The largest absolute Gasteiger partial charge is 0.493 e. The number of hydrogen-bond acceptors (Lipinski definition) is 7. The lowest BCUT2D eigenvalue weighted by molar-refractivity contribution is -0.119. The van der Waals surface area contributed by atoms with Crippen LogP contribution < -0.4 is 19.2 Å². The van der Waals surface area contributed by atoms with Gasteiger partial charge in [0, 0.05) is 16.8 Å². The summed E-state index contributed by atoms with van der Waals surface area (Å²) in [5.74, 6) is 0.262. The van der Waals surface area contributed by atoms with Crippen molar-refractivity contribution in [2.75, 3.05) is 18.0 Å². The number of halogens is 2. The van der Waals surface area contributed by atoms with Gasteiger partial charge in [0.05, 0.1) is 34.6 Å². The summed E-state index contributed by atoms with van der Waals surface area (Å²) < 4.78 is 39.6. The summed E-state index contributed by atoms with van der Waals surface area (Å²) >= 11 is 9.71. The van der Waals surface area contributed by atoms with E-state index in [-0.39, 0.29) is 17.2 Å². The van der Waals surface area contributed by atoms with Crippen LogP contribution in [0.25, 0.3) is 0 Å². The highest BCUT2D eigenvalue weighted by Gasteiger charge is 2.27. The molecular formula is C28H24BrClN4O5S. The van der Waals surface area contributed by atoms with Crippen molar-refractivity contribution in [3.8, 4) is 11.5 Å². The van der Waals surface area contributed by atoms with Crippen LogP contribution >= 0.6 is 27.5 Å². The number of anilines is 1. The molecule has 0 fully saturated rings. The van der Waals surface area contributed by atoms with E-state index in [2.05, 4.69) is 31.4 Å². The van der Waals surface area contributed by atoms with E-state index in [0.717, 1.165) is 9.87 Å². The summed E-state index contributed by atoms with van der Waals surface area (Å²) in [5.41, 5.74) is 4.04. The monoisotopic (exact) mass is 642 g/mol. The van der Waals surface area contributed by atoms with Crippen molar-refractivity contribution in [1.29, 1.82) is 0 Å². The number of rotatable bonds is 11. The van der Waals surface area contributed by atoms with Crippen LogP contribution in [0.3, 0.4) is 0 Å². The Hall–Kier alpha value is -3.93. The Balaban J connectivity index is 1.47. The molecule has 0 saturated heterocycles. The number of carbonyl (C=O) groups excluding carboxylic acids is 1. The average molecular weight is 644 g/mol. The predicted octanol–water partition coefficient (Wildman–Crippen LogP) is 5.43. The molecule has 3 aromatic carbocycles. The van der Waals surface area contributed by atoms with Gasteiger partial charge in [0.1, 0.15) is 13.2 Å². The first-order valence-electron chi connectivity index (χ1n) is 11.8. The normalized spacial score (nSPS) is 11.3. The van der Waals surface area contributed by atoms with Crippen molar-refractivity contribution < 1.29 is 22.7 Å². The number of nitrogens with one attached hydrogen (secondary N) is 1. The molecule has 0 aliphatic heterocycles. The zero-order chi connectivity index (χ0) is 28.5. The summed E-state index contributed by atoms with van der Waals surface area (Å²) in [6.45, 7) is -0.278. The maximum atomic E-state index is 13.3. The molecule has 0 unspecified atom stereocenters. The minimum Gasteiger partial charge on any atom is -0.493 e. The van der Waals surface area contributed by atoms with Gasteiger partial charge < -0.3 is 9.47 Å². The maximum Gasteiger partial charge on any atom is 0.264 e. The Morgan fingerprint density at radius 3 is 2.55 bits per heavy atom. The topological polar surface area (TPSA) is 110 Å². The number of ether oxygens (including phenoxy) is 2. The molecular weight excluding hydrogens is 620 g/mol. The number of pyridine rings is 1. The highest BCUT2D eigenvalue weighted by Crippen LogP contribution is 2.37. The molecule has 0 spiro atoms. The molecule has 206 valence electrons. The zero-order valence-corrected chi connectivity index (χ0v) is 24.4. The van der Waals surface area contributed by atoms with Gasteiger partial charge in [-0.05, 0) is 64.0 Å². The molecule has 4 rings (SSSR count). The second kappa shape index (κ2) is 13.4. The predicted molar refractivity (Wildman–Crippen MR) is 157 cm³/mol. The van der Waals surface area contributed by atoms with Crippen LogP contribution in [0.5, 0.6) is 11.5 Å². The minimum atomic E-state index is -4.04.